The average Bonchev–Trinajstić information content (AvgIpc) is 2.58. The summed E-state index contributed by atoms with van der Waals surface area (Å²) in [4.78, 5) is 11.0. The van der Waals surface area contributed by atoms with Crippen LogP contribution in [0.3, 0.4) is 0 Å². The molecule has 0 aromatic heterocycles. The molecular weight excluding hydrogens is 288 g/mol. The molecule has 0 saturated carbocycles. The number of aliphatic hydroxyl groups is 1. The molecule has 0 amide bonds. The summed E-state index contributed by atoms with van der Waals surface area (Å²) in [5, 5.41) is 10.5. The number of carbonyl (C=O) groups is 1. The van der Waals surface area contributed by atoms with Gasteiger partial charge in [-0.25, -0.2) is 4.79 Å². The molecule has 1 atom stereocenters. The van der Waals surface area contributed by atoms with Crippen LogP contribution >= 0.6 is 0 Å². The molecule has 1 aliphatic rings. The molecule has 3 nitrogen and oxygen atoms in total. The predicted molar refractivity (Wildman–Crippen MR) is 92.7 cm³/mol. The van der Waals surface area contributed by atoms with Crippen molar-refractivity contribution in [1.29, 1.82) is 0 Å². The van der Waals surface area contributed by atoms with Gasteiger partial charge in [-0.15, -0.1) is 0 Å². The van der Waals surface area contributed by atoms with Crippen LogP contribution in [0.5, 0.6) is 0 Å². The Bertz CT molecular complexity index is 720. The van der Waals surface area contributed by atoms with E-state index in [1.54, 1.807) is 24.3 Å². The van der Waals surface area contributed by atoms with Crippen molar-refractivity contribution in [1.82, 2.24) is 0 Å². The molecule has 2 rings (SSSR count). The number of methoxy groups -OCH3 is 1. The number of esters is 1. The molecule has 0 heterocycles. The molecule has 23 heavy (non-hydrogen) atoms. The second kappa shape index (κ2) is 7.56. The fourth-order valence-electron chi connectivity index (χ4n) is 2.58. The van der Waals surface area contributed by atoms with Gasteiger partial charge in [0.1, 0.15) is 6.10 Å². The van der Waals surface area contributed by atoms with Crippen molar-refractivity contribution in [2.75, 3.05) is 7.11 Å². The first kappa shape index (κ1) is 16.7. The molecule has 1 unspecified atom stereocenters. The standard InChI is InChI=1S/C20H20O3/c1-4-15-13-16-11-10-14(8-6-7-9-19(21)23-3)12-18(16)20(22)17(15)5-2/h4-12,20,22H,1-2,13H2,3H3/b8-6-,9-7+. The van der Waals surface area contributed by atoms with Gasteiger partial charge in [0.2, 0.25) is 0 Å². The highest BCUT2D eigenvalue weighted by Gasteiger charge is 2.23. The van der Waals surface area contributed by atoms with E-state index in [1.165, 1.54) is 13.2 Å². The normalized spacial score (nSPS) is 17.4. The van der Waals surface area contributed by atoms with Crippen LogP contribution in [0.1, 0.15) is 22.8 Å². The number of aliphatic hydroxyl groups excluding tert-OH is 1. The fraction of sp³-hybridized carbons (Fsp3) is 0.150. The highest BCUT2D eigenvalue weighted by atomic mass is 16.5. The molecule has 0 spiro atoms. The Morgan fingerprint density at radius 3 is 2.74 bits per heavy atom. The molecule has 0 saturated heterocycles. The van der Waals surface area contributed by atoms with Crippen LogP contribution < -0.4 is 0 Å². The maximum Gasteiger partial charge on any atom is 0.330 e. The van der Waals surface area contributed by atoms with Crippen molar-refractivity contribution < 1.29 is 14.6 Å². The maximum absolute atomic E-state index is 11.0. The lowest BCUT2D eigenvalue weighted by atomic mass is 9.83. The zero-order valence-corrected chi connectivity index (χ0v) is 13.2. The van der Waals surface area contributed by atoms with Gasteiger partial charge in [-0.3, -0.25) is 0 Å². The van der Waals surface area contributed by atoms with Crippen molar-refractivity contribution in [3.8, 4) is 0 Å². The maximum atomic E-state index is 11.0. The third-order valence-electron chi connectivity index (χ3n) is 3.81. The largest absolute Gasteiger partial charge is 0.466 e. The molecule has 0 aliphatic heterocycles. The van der Waals surface area contributed by atoms with E-state index in [9.17, 15) is 9.90 Å². The average molecular weight is 308 g/mol. The van der Waals surface area contributed by atoms with Crippen LogP contribution in [0.4, 0.5) is 0 Å². The number of rotatable bonds is 5. The van der Waals surface area contributed by atoms with Crippen LogP contribution in [-0.4, -0.2) is 18.2 Å². The van der Waals surface area contributed by atoms with Gasteiger partial charge >= 0.3 is 5.97 Å². The van der Waals surface area contributed by atoms with Crippen LogP contribution in [0.15, 0.2) is 72.9 Å². The first-order valence-electron chi connectivity index (χ1n) is 7.32. The molecule has 0 fully saturated rings. The van der Waals surface area contributed by atoms with Gasteiger partial charge in [0.15, 0.2) is 0 Å². The topological polar surface area (TPSA) is 46.5 Å². The minimum absolute atomic E-state index is 0.395. The summed E-state index contributed by atoms with van der Waals surface area (Å²) in [6.07, 6.45) is 10.1. The van der Waals surface area contributed by atoms with Crippen molar-refractivity contribution in [2.24, 2.45) is 0 Å². The molecule has 1 aromatic carbocycles. The monoisotopic (exact) mass is 308 g/mol. The summed E-state index contributed by atoms with van der Waals surface area (Å²) < 4.78 is 4.52. The van der Waals surface area contributed by atoms with E-state index in [1.807, 2.05) is 24.3 Å². The molecule has 3 heteroatoms. The van der Waals surface area contributed by atoms with Crippen LogP contribution in [-0.2, 0) is 16.0 Å². The molecule has 1 aromatic rings. The Balaban J connectivity index is 2.26. The molecule has 1 N–H and O–H groups in total. The van der Waals surface area contributed by atoms with E-state index in [0.717, 1.165) is 34.3 Å². The zero-order chi connectivity index (χ0) is 16.8. The van der Waals surface area contributed by atoms with E-state index in [4.69, 9.17) is 0 Å². The second-order valence-corrected chi connectivity index (χ2v) is 5.17. The summed E-state index contributed by atoms with van der Waals surface area (Å²) in [7, 11) is 1.34. The van der Waals surface area contributed by atoms with Crippen molar-refractivity contribution >= 4 is 12.0 Å². The first-order valence-corrected chi connectivity index (χ1v) is 7.32. The Hall–Kier alpha value is -2.65. The van der Waals surface area contributed by atoms with Gasteiger partial charge in [0, 0.05) is 6.08 Å². The van der Waals surface area contributed by atoms with Crippen LogP contribution in [0.25, 0.3) is 6.08 Å². The van der Waals surface area contributed by atoms with E-state index < -0.39 is 12.1 Å². The van der Waals surface area contributed by atoms with Crippen molar-refractivity contribution in [3.63, 3.8) is 0 Å². The Morgan fingerprint density at radius 2 is 2.09 bits per heavy atom. The van der Waals surface area contributed by atoms with Crippen LogP contribution in [0, 0.1) is 0 Å². The number of carbonyl (C=O) groups excluding carboxylic acids is 1. The van der Waals surface area contributed by atoms with Crippen molar-refractivity contribution in [3.05, 3.63) is 89.6 Å². The smallest absolute Gasteiger partial charge is 0.330 e. The van der Waals surface area contributed by atoms with E-state index in [0.29, 0.717) is 0 Å². The Kier molecular flexibility index (Phi) is 5.50. The second-order valence-electron chi connectivity index (χ2n) is 5.17. The molecule has 118 valence electrons. The number of benzene rings is 1. The molecule has 1 aliphatic carbocycles. The van der Waals surface area contributed by atoms with Gasteiger partial charge in [0.05, 0.1) is 7.11 Å². The van der Waals surface area contributed by atoms with E-state index >= 15 is 0 Å². The number of hydrogen-bond donors (Lipinski definition) is 1. The third-order valence-corrected chi connectivity index (χ3v) is 3.81. The summed E-state index contributed by atoms with van der Waals surface area (Å²) >= 11 is 0. The third kappa shape index (κ3) is 3.76. The van der Waals surface area contributed by atoms with Gasteiger partial charge < -0.3 is 9.84 Å². The van der Waals surface area contributed by atoms with Gasteiger partial charge in [-0.05, 0) is 40.3 Å². The first-order chi connectivity index (χ1) is 11.1. The minimum atomic E-state index is -0.691. The number of ether oxygens (including phenoxy) is 1. The summed E-state index contributed by atoms with van der Waals surface area (Å²) in [5.41, 5.74) is 4.72. The Labute approximate surface area is 136 Å². The van der Waals surface area contributed by atoms with Gasteiger partial charge in [-0.2, -0.15) is 0 Å². The van der Waals surface area contributed by atoms with E-state index in [-0.39, 0.29) is 0 Å². The SMILES string of the molecule is C=CC1=C(C=C)C(O)c2cc(/C=C\C=C\C(=O)OC)ccc2C1. The quantitative estimate of drug-likeness (QED) is 0.513. The lowest BCUT2D eigenvalue weighted by Crippen LogP contribution is -2.13. The highest BCUT2D eigenvalue weighted by Crippen LogP contribution is 2.35. The van der Waals surface area contributed by atoms with Crippen molar-refractivity contribution in [2.45, 2.75) is 12.5 Å². The lowest BCUT2D eigenvalue weighted by molar-refractivity contribution is -0.134. The summed E-state index contributed by atoms with van der Waals surface area (Å²) in [6.45, 7) is 7.59. The molecule has 0 radical (unpaired) electrons. The fourth-order valence-corrected chi connectivity index (χ4v) is 2.58. The van der Waals surface area contributed by atoms with Gasteiger partial charge in [-0.1, -0.05) is 55.7 Å². The van der Waals surface area contributed by atoms with Crippen LogP contribution in [0.2, 0.25) is 0 Å². The summed E-state index contributed by atoms with van der Waals surface area (Å²) in [6, 6.07) is 5.94. The number of allylic oxidation sites excluding steroid dienone is 4. The van der Waals surface area contributed by atoms with E-state index in [2.05, 4.69) is 17.9 Å². The highest BCUT2D eigenvalue weighted by molar-refractivity contribution is 5.82. The molecule has 0 bridgehead atoms. The minimum Gasteiger partial charge on any atom is -0.466 e. The predicted octanol–water partition coefficient (Wildman–Crippen LogP) is 3.69. The Morgan fingerprint density at radius 1 is 1.30 bits per heavy atom. The number of hydrogen-bond acceptors (Lipinski definition) is 3. The molecular formula is C20H20O3. The number of fused-ring (bicyclic) bond motifs is 1. The van der Waals surface area contributed by atoms with Gasteiger partial charge in [0.25, 0.3) is 0 Å². The zero-order valence-electron chi connectivity index (χ0n) is 13.2. The summed E-state index contributed by atoms with van der Waals surface area (Å²) in [5.74, 6) is -0.395. The lowest BCUT2D eigenvalue weighted by Gasteiger charge is -2.25.